The van der Waals surface area contributed by atoms with E-state index >= 15 is 0 Å². The number of methoxy groups -OCH3 is 1. The van der Waals surface area contributed by atoms with Crippen molar-refractivity contribution in [2.75, 3.05) is 12.4 Å². The average Bonchev–Trinajstić information content (AvgIpc) is 2.93. The van der Waals surface area contributed by atoms with Crippen molar-refractivity contribution in [2.45, 2.75) is 26.9 Å². The van der Waals surface area contributed by atoms with E-state index in [1.54, 1.807) is 13.8 Å². The number of nitro groups is 1. The van der Waals surface area contributed by atoms with E-state index in [4.69, 9.17) is 9.47 Å². The van der Waals surface area contributed by atoms with Crippen molar-refractivity contribution < 1.29 is 24.0 Å². The number of aryl methyl sites for hydroxylation is 2. The minimum atomic E-state index is -1.08. The van der Waals surface area contributed by atoms with E-state index in [2.05, 4.69) is 10.3 Å². The summed E-state index contributed by atoms with van der Waals surface area (Å²) in [4.78, 5) is 39.1. The van der Waals surface area contributed by atoms with Crippen LogP contribution in [0.25, 0.3) is 0 Å². The number of nitro benzene ring substituents is 1. The summed E-state index contributed by atoms with van der Waals surface area (Å²) in [7, 11) is 1.33. The van der Waals surface area contributed by atoms with Crippen LogP contribution in [0.1, 0.15) is 27.3 Å². The van der Waals surface area contributed by atoms with E-state index in [0.29, 0.717) is 10.6 Å². The van der Waals surface area contributed by atoms with E-state index in [0.717, 1.165) is 5.01 Å². The van der Waals surface area contributed by atoms with E-state index in [1.165, 1.54) is 43.6 Å². The highest BCUT2D eigenvalue weighted by atomic mass is 32.1. The minimum Gasteiger partial charge on any atom is -0.494 e. The topological polar surface area (TPSA) is 121 Å². The van der Waals surface area contributed by atoms with E-state index in [-0.39, 0.29) is 17.1 Å². The zero-order valence-electron chi connectivity index (χ0n) is 14.6. The number of nitrogens with zero attached hydrogens (tertiary/aromatic N) is 2. The maximum absolute atomic E-state index is 12.3. The fourth-order valence-electron chi connectivity index (χ4n) is 2.12. The molecule has 0 aliphatic carbocycles. The number of amides is 1. The molecule has 2 aromatic rings. The molecule has 0 radical (unpaired) electrons. The second-order valence-electron chi connectivity index (χ2n) is 5.33. The van der Waals surface area contributed by atoms with Crippen LogP contribution in [-0.4, -0.2) is 35.0 Å². The molecule has 1 heterocycles. The second-order valence-corrected chi connectivity index (χ2v) is 6.53. The highest BCUT2D eigenvalue weighted by Gasteiger charge is 2.23. The number of aromatic nitrogens is 1. The van der Waals surface area contributed by atoms with Gasteiger partial charge in [-0.15, -0.1) is 11.3 Å². The van der Waals surface area contributed by atoms with Crippen LogP contribution in [0.5, 0.6) is 5.75 Å². The van der Waals surface area contributed by atoms with Crippen molar-refractivity contribution in [3.05, 3.63) is 43.9 Å². The number of nitrogens with one attached hydrogen (secondary N) is 1. The fraction of sp³-hybridized carbons (Fsp3) is 0.312. The molecule has 0 spiro atoms. The molecule has 2 rings (SSSR count). The van der Waals surface area contributed by atoms with E-state index in [9.17, 15) is 19.7 Å². The van der Waals surface area contributed by atoms with Gasteiger partial charge in [-0.1, -0.05) is 0 Å². The summed E-state index contributed by atoms with van der Waals surface area (Å²) in [5, 5.41) is 14.0. The first-order valence-electron chi connectivity index (χ1n) is 7.51. The van der Waals surface area contributed by atoms with Gasteiger partial charge in [-0.25, -0.2) is 9.78 Å². The van der Waals surface area contributed by atoms with Crippen LogP contribution in [0.15, 0.2) is 18.2 Å². The third-order valence-corrected chi connectivity index (χ3v) is 4.45. The van der Waals surface area contributed by atoms with Crippen molar-refractivity contribution in [3.8, 4) is 5.75 Å². The monoisotopic (exact) mass is 379 g/mol. The highest BCUT2D eigenvalue weighted by molar-refractivity contribution is 7.13. The van der Waals surface area contributed by atoms with Crippen LogP contribution < -0.4 is 10.1 Å². The lowest BCUT2D eigenvalue weighted by atomic mass is 10.2. The van der Waals surface area contributed by atoms with Gasteiger partial charge in [0, 0.05) is 6.07 Å². The molecular formula is C16H17N3O6S. The largest absolute Gasteiger partial charge is 0.494 e. The molecule has 1 amide bonds. The summed E-state index contributed by atoms with van der Waals surface area (Å²) in [6, 6.07) is 3.77. The maximum atomic E-state index is 12.3. The van der Waals surface area contributed by atoms with Crippen LogP contribution in [0.2, 0.25) is 0 Å². The number of benzene rings is 1. The Morgan fingerprint density at radius 3 is 2.58 bits per heavy atom. The number of hydrogen-bond acceptors (Lipinski definition) is 8. The van der Waals surface area contributed by atoms with Gasteiger partial charge in [-0.3, -0.25) is 14.9 Å². The average molecular weight is 379 g/mol. The number of esters is 1. The number of hydrogen-bond donors (Lipinski definition) is 1. The summed E-state index contributed by atoms with van der Waals surface area (Å²) in [5.74, 6) is -1.10. The Morgan fingerprint density at radius 1 is 1.35 bits per heavy atom. The van der Waals surface area contributed by atoms with Crippen molar-refractivity contribution in [1.29, 1.82) is 0 Å². The van der Waals surface area contributed by atoms with E-state index in [1.807, 2.05) is 0 Å². The number of carbonyl (C=O) groups excluding carboxylic acids is 2. The molecule has 26 heavy (non-hydrogen) atoms. The van der Waals surface area contributed by atoms with Gasteiger partial charge in [-0.05, 0) is 26.8 Å². The van der Waals surface area contributed by atoms with Crippen molar-refractivity contribution in [3.63, 3.8) is 0 Å². The quantitative estimate of drug-likeness (QED) is 0.465. The lowest BCUT2D eigenvalue weighted by Gasteiger charge is -2.14. The number of anilines is 1. The van der Waals surface area contributed by atoms with Gasteiger partial charge in [0.1, 0.15) is 10.6 Å². The summed E-state index contributed by atoms with van der Waals surface area (Å²) < 4.78 is 10.2. The number of carbonyl (C=O) groups is 2. The van der Waals surface area contributed by atoms with Crippen LogP contribution >= 0.6 is 11.3 Å². The maximum Gasteiger partial charge on any atom is 0.351 e. The van der Waals surface area contributed by atoms with Crippen molar-refractivity contribution >= 4 is 34.6 Å². The Morgan fingerprint density at radius 2 is 2.04 bits per heavy atom. The molecule has 0 aliphatic rings. The Labute approximate surface area is 153 Å². The number of ether oxygens (including phenoxy) is 2. The lowest BCUT2D eigenvalue weighted by Crippen LogP contribution is -2.30. The molecule has 9 nitrogen and oxygen atoms in total. The van der Waals surface area contributed by atoms with Crippen LogP contribution in [0.4, 0.5) is 11.4 Å². The number of rotatable bonds is 6. The van der Waals surface area contributed by atoms with Crippen LogP contribution in [0.3, 0.4) is 0 Å². The molecule has 1 atom stereocenters. The molecule has 1 aromatic heterocycles. The molecule has 0 aliphatic heterocycles. The SMILES string of the molecule is COc1cc([N+](=O)[O-])ccc1NC(=O)[C@@H](C)OC(=O)c1sc(C)nc1C. The number of non-ortho nitro benzene ring substituents is 1. The van der Waals surface area contributed by atoms with Gasteiger partial charge < -0.3 is 14.8 Å². The normalized spacial score (nSPS) is 11.5. The first-order chi connectivity index (χ1) is 12.2. The standard InChI is InChI=1S/C16H17N3O6S/c1-8-14(26-10(3)17-8)16(21)25-9(2)15(20)18-12-6-5-11(19(22)23)7-13(12)24-4/h5-7,9H,1-4H3,(H,18,20)/t9-/m1/s1. The van der Waals surface area contributed by atoms with Crippen LogP contribution in [0, 0.1) is 24.0 Å². The molecule has 0 saturated heterocycles. The predicted octanol–water partition coefficient (Wildman–Crippen LogP) is 2.86. The number of thiazole rings is 1. The summed E-state index contributed by atoms with van der Waals surface area (Å²) in [6.45, 7) is 4.88. The molecule has 1 N–H and O–H groups in total. The lowest BCUT2D eigenvalue weighted by molar-refractivity contribution is -0.384. The van der Waals surface area contributed by atoms with E-state index < -0.39 is 22.9 Å². The minimum absolute atomic E-state index is 0.125. The summed E-state index contributed by atoms with van der Waals surface area (Å²) in [5.41, 5.74) is 0.605. The Balaban J connectivity index is 2.08. The Hall–Kier alpha value is -3.01. The third kappa shape index (κ3) is 4.33. The molecule has 1 aromatic carbocycles. The van der Waals surface area contributed by atoms with Crippen molar-refractivity contribution in [2.24, 2.45) is 0 Å². The fourth-order valence-corrected chi connectivity index (χ4v) is 2.92. The van der Waals surface area contributed by atoms with Gasteiger partial charge in [0.05, 0.1) is 34.5 Å². The molecule has 10 heteroatoms. The Kier molecular flexibility index (Phi) is 5.88. The van der Waals surface area contributed by atoms with Gasteiger partial charge in [-0.2, -0.15) is 0 Å². The molecule has 0 bridgehead atoms. The van der Waals surface area contributed by atoms with Crippen molar-refractivity contribution in [1.82, 2.24) is 4.98 Å². The molecular weight excluding hydrogens is 362 g/mol. The third-order valence-electron chi connectivity index (χ3n) is 3.40. The smallest absolute Gasteiger partial charge is 0.351 e. The zero-order chi connectivity index (χ0) is 19.4. The first-order valence-corrected chi connectivity index (χ1v) is 8.33. The van der Waals surface area contributed by atoms with Gasteiger partial charge >= 0.3 is 5.97 Å². The van der Waals surface area contributed by atoms with Crippen LogP contribution in [-0.2, 0) is 9.53 Å². The van der Waals surface area contributed by atoms with Gasteiger partial charge in [0.2, 0.25) is 0 Å². The second kappa shape index (κ2) is 7.91. The first kappa shape index (κ1) is 19.3. The molecule has 0 unspecified atom stereocenters. The summed E-state index contributed by atoms with van der Waals surface area (Å²) >= 11 is 1.19. The molecule has 0 saturated carbocycles. The molecule has 0 fully saturated rings. The highest BCUT2D eigenvalue weighted by Crippen LogP contribution is 2.29. The zero-order valence-corrected chi connectivity index (χ0v) is 15.4. The predicted molar refractivity (Wildman–Crippen MR) is 94.7 cm³/mol. The summed E-state index contributed by atoms with van der Waals surface area (Å²) in [6.07, 6.45) is -1.08. The van der Waals surface area contributed by atoms with Gasteiger partial charge in [0.15, 0.2) is 6.10 Å². The Bertz CT molecular complexity index is 864. The molecule has 138 valence electrons. The van der Waals surface area contributed by atoms with Gasteiger partial charge in [0.25, 0.3) is 11.6 Å².